The van der Waals surface area contributed by atoms with Crippen LogP contribution in [-0.4, -0.2) is 20.4 Å². The number of unbranched alkanes of at least 4 members (excludes halogenated alkanes) is 2. The molecule has 0 spiro atoms. The van der Waals surface area contributed by atoms with E-state index in [9.17, 15) is 9.59 Å². The second kappa shape index (κ2) is 11.6. The second-order valence-electron chi connectivity index (χ2n) is 5.62. The standard InChI is InChI=1S/C14H27NO5Si/c1-13(2)18-15-19-20-21(3,4)12-7-5-6-9-14(17)10-8-11-16/h11,15H,1,5-10,12H2,2-4H3. The second-order valence-corrected chi connectivity index (χ2v) is 9.80. The zero-order valence-corrected chi connectivity index (χ0v) is 14.3. The molecule has 0 aliphatic rings. The Morgan fingerprint density at radius 1 is 1.24 bits per heavy atom. The molecule has 0 aromatic carbocycles. The van der Waals surface area contributed by atoms with Gasteiger partial charge in [-0.2, -0.15) is 0 Å². The van der Waals surface area contributed by atoms with Gasteiger partial charge in [-0.1, -0.05) is 19.4 Å². The summed E-state index contributed by atoms with van der Waals surface area (Å²) in [7, 11) is -1.90. The number of hydrogen-bond acceptors (Lipinski definition) is 6. The maximum absolute atomic E-state index is 11.4. The Bertz CT molecular complexity index is 333. The van der Waals surface area contributed by atoms with E-state index in [1.165, 1.54) is 0 Å². The van der Waals surface area contributed by atoms with Gasteiger partial charge in [0, 0.05) is 19.3 Å². The highest BCUT2D eigenvalue weighted by atomic mass is 28.4. The summed E-state index contributed by atoms with van der Waals surface area (Å²) in [5.41, 5.74) is 2.22. The molecule has 0 saturated heterocycles. The first-order valence-electron chi connectivity index (χ1n) is 7.25. The number of nitrogens with one attached hydrogen (secondary N) is 1. The number of carbonyl (C=O) groups is 2. The van der Waals surface area contributed by atoms with Crippen LogP contribution in [0.2, 0.25) is 19.1 Å². The summed E-state index contributed by atoms with van der Waals surface area (Å²) in [6, 6.07) is 0.935. The third-order valence-corrected chi connectivity index (χ3v) is 4.88. The lowest BCUT2D eigenvalue weighted by Gasteiger charge is -2.20. The molecular weight excluding hydrogens is 290 g/mol. The van der Waals surface area contributed by atoms with Crippen molar-refractivity contribution >= 4 is 20.4 Å². The Balaban J connectivity index is 3.58. The lowest BCUT2D eigenvalue weighted by Crippen LogP contribution is -2.33. The molecule has 0 aliphatic carbocycles. The lowest BCUT2D eigenvalue weighted by atomic mass is 10.1. The molecule has 0 aliphatic heterocycles. The molecule has 21 heavy (non-hydrogen) atoms. The Morgan fingerprint density at radius 3 is 2.57 bits per heavy atom. The van der Waals surface area contributed by atoms with E-state index >= 15 is 0 Å². The molecule has 0 aromatic rings. The molecule has 0 fully saturated rings. The van der Waals surface area contributed by atoms with E-state index in [4.69, 9.17) is 14.4 Å². The Kier molecular flexibility index (Phi) is 11.1. The maximum atomic E-state index is 11.4. The van der Waals surface area contributed by atoms with Gasteiger partial charge in [0.2, 0.25) is 8.32 Å². The number of rotatable bonds is 14. The molecular formula is C14H27NO5Si. The topological polar surface area (TPSA) is 73.9 Å². The highest BCUT2D eigenvalue weighted by molar-refractivity contribution is 6.70. The number of aldehydes is 1. The van der Waals surface area contributed by atoms with Crippen LogP contribution in [0.1, 0.15) is 45.4 Å². The van der Waals surface area contributed by atoms with Gasteiger partial charge in [-0.25, -0.2) is 0 Å². The fourth-order valence-electron chi connectivity index (χ4n) is 1.65. The lowest BCUT2D eigenvalue weighted by molar-refractivity contribution is -0.341. The minimum absolute atomic E-state index is 0.166. The van der Waals surface area contributed by atoms with Crippen molar-refractivity contribution in [2.45, 2.75) is 64.6 Å². The first-order chi connectivity index (χ1) is 9.87. The smallest absolute Gasteiger partial charge is 0.235 e. The quantitative estimate of drug-likeness (QED) is 0.132. The predicted octanol–water partition coefficient (Wildman–Crippen LogP) is 3.22. The summed E-state index contributed by atoms with van der Waals surface area (Å²) in [5.74, 6) is 0.650. The summed E-state index contributed by atoms with van der Waals surface area (Å²) in [6.07, 6.45) is 4.88. The van der Waals surface area contributed by atoms with Crippen molar-refractivity contribution in [2.24, 2.45) is 0 Å². The fraction of sp³-hybridized carbons (Fsp3) is 0.714. The first kappa shape index (κ1) is 20.0. The fourth-order valence-corrected chi connectivity index (χ4v) is 3.10. The van der Waals surface area contributed by atoms with Gasteiger partial charge >= 0.3 is 0 Å². The van der Waals surface area contributed by atoms with Crippen LogP contribution in [0.5, 0.6) is 0 Å². The van der Waals surface area contributed by atoms with E-state index in [1.807, 2.05) is 13.1 Å². The third-order valence-electron chi connectivity index (χ3n) is 2.79. The monoisotopic (exact) mass is 317 g/mol. The van der Waals surface area contributed by atoms with Crippen LogP contribution in [0.15, 0.2) is 12.3 Å². The predicted molar refractivity (Wildman–Crippen MR) is 82.3 cm³/mol. The minimum Gasteiger partial charge on any atom is -0.386 e. The number of carbonyl (C=O) groups excluding carboxylic acids is 2. The molecule has 0 bridgehead atoms. The molecule has 1 N–H and O–H groups in total. The van der Waals surface area contributed by atoms with Gasteiger partial charge in [0.05, 0.1) is 0 Å². The van der Waals surface area contributed by atoms with Crippen LogP contribution in [-0.2, 0) is 24.0 Å². The van der Waals surface area contributed by atoms with Gasteiger partial charge in [-0.05, 0) is 38.1 Å². The van der Waals surface area contributed by atoms with Crippen molar-refractivity contribution in [2.75, 3.05) is 0 Å². The largest absolute Gasteiger partial charge is 0.386 e. The Morgan fingerprint density at radius 2 is 1.95 bits per heavy atom. The summed E-state index contributed by atoms with van der Waals surface area (Å²) < 4.78 is 5.32. The summed E-state index contributed by atoms with van der Waals surface area (Å²) >= 11 is 0. The van der Waals surface area contributed by atoms with Crippen molar-refractivity contribution < 1.29 is 24.0 Å². The van der Waals surface area contributed by atoms with Crippen LogP contribution in [0, 0.1) is 0 Å². The van der Waals surface area contributed by atoms with Crippen LogP contribution in [0.3, 0.4) is 0 Å². The number of hydrogen-bond donors (Lipinski definition) is 1. The van der Waals surface area contributed by atoms with Crippen molar-refractivity contribution in [3.05, 3.63) is 12.3 Å². The molecule has 0 heterocycles. The van der Waals surface area contributed by atoms with Gasteiger partial charge in [0.15, 0.2) is 0 Å². The molecule has 0 radical (unpaired) electrons. The average molecular weight is 317 g/mol. The van der Waals surface area contributed by atoms with Gasteiger partial charge in [0.25, 0.3) is 0 Å². The summed E-state index contributed by atoms with van der Waals surface area (Å²) in [6.45, 7) is 9.32. The zero-order valence-electron chi connectivity index (χ0n) is 13.3. The molecule has 6 nitrogen and oxygen atoms in total. The van der Waals surface area contributed by atoms with Gasteiger partial charge in [-0.3, -0.25) is 9.37 Å². The minimum atomic E-state index is -1.90. The van der Waals surface area contributed by atoms with E-state index in [0.29, 0.717) is 25.0 Å². The van der Waals surface area contributed by atoms with E-state index in [2.05, 4.69) is 12.2 Å². The molecule has 0 unspecified atom stereocenters. The van der Waals surface area contributed by atoms with Gasteiger partial charge in [0.1, 0.15) is 17.8 Å². The first-order valence-corrected chi connectivity index (χ1v) is 10.4. The van der Waals surface area contributed by atoms with Crippen LogP contribution in [0.4, 0.5) is 0 Å². The molecule has 0 rings (SSSR count). The van der Waals surface area contributed by atoms with E-state index in [0.717, 1.165) is 31.6 Å². The summed E-state index contributed by atoms with van der Waals surface area (Å²) in [4.78, 5) is 31.1. The molecule has 122 valence electrons. The van der Waals surface area contributed by atoms with Crippen LogP contribution < -0.4 is 5.64 Å². The zero-order chi connectivity index (χ0) is 16.1. The third kappa shape index (κ3) is 13.7. The number of Topliss-reactive ketones (excluding diaryl/α,β-unsaturated/α-hetero) is 1. The number of ketones is 1. The molecule has 0 aromatic heterocycles. The average Bonchev–Trinajstić information content (AvgIpc) is 2.40. The maximum Gasteiger partial charge on any atom is 0.235 e. The van der Waals surface area contributed by atoms with Crippen molar-refractivity contribution in [3.8, 4) is 0 Å². The molecule has 7 heteroatoms. The molecule has 0 amide bonds. The van der Waals surface area contributed by atoms with Crippen LogP contribution in [0.25, 0.3) is 0 Å². The van der Waals surface area contributed by atoms with Gasteiger partial charge in [-0.15, -0.1) is 4.99 Å². The number of allylic oxidation sites excluding steroid dienone is 1. The Labute approximate surface area is 127 Å². The highest BCUT2D eigenvalue weighted by Crippen LogP contribution is 2.17. The van der Waals surface area contributed by atoms with E-state index in [-0.39, 0.29) is 5.78 Å². The normalized spacial score (nSPS) is 11.2. The van der Waals surface area contributed by atoms with Crippen molar-refractivity contribution in [1.82, 2.24) is 5.64 Å². The van der Waals surface area contributed by atoms with E-state index < -0.39 is 8.32 Å². The van der Waals surface area contributed by atoms with E-state index in [1.54, 1.807) is 6.92 Å². The van der Waals surface area contributed by atoms with Gasteiger partial charge < -0.3 is 9.63 Å². The molecule has 0 atom stereocenters. The highest BCUT2D eigenvalue weighted by Gasteiger charge is 2.24. The SMILES string of the molecule is C=C(C)ONOO[Si](C)(C)CCCCCC(=O)CCC=O. The van der Waals surface area contributed by atoms with Crippen molar-refractivity contribution in [1.29, 1.82) is 0 Å². The van der Waals surface area contributed by atoms with Crippen molar-refractivity contribution in [3.63, 3.8) is 0 Å². The summed E-state index contributed by atoms with van der Waals surface area (Å²) in [5, 5.41) is 0. The van der Waals surface area contributed by atoms with Crippen LogP contribution >= 0.6 is 0 Å². The molecule has 0 saturated carbocycles. The Hall–Kier alpha value is -1.02.